The van der Waals surface area contributed by atoms with Crippen molar-refractivity contribution in [2.24, 2.45) is 0 Å². The van der Waals surface area contributed by atoms with Crippen LogP contribution in [0.15, 0.2) is 36.4 Å². The second-order valence-corrected chi connectivity index (χ2v) is 6.85. The first-order valence-electron chi connectivity index (χ1n) is 9.88. The van der Waals surface area contributed by atoms with E-state index in [4.69, 9.17) is 4.74 Å². The van der Waals surface area contributed by atoms with Crippen molar-refractivity contribution in [2.45, 2.75) is 83.5 Å². The van der Waals surface area contributed by atoms with Crippen molar-refractivity contribution in [1.29, 1.82) is 0 Å². The van der Waals surface area contributed by atoms with Crippen molar-refractivity contribution in [2.75, 3.05) is 0 Å². The summed E-state index contributed by atoms with van der Waals surface area (Å²) in [6.07, 6.45) is 17.1. The summed E-state index contributed by atoms with van der Waals surface area (Å²) in [5, 5.41) is 10.1. The van der Waals surface area contributed by atoms with Gasteiger partial charge in [0.1, 0.15) is 6.10 Å². The minimum absolute atomic E-state index is 0. The van der Waals surface area contributed by atoms with E-state index in [1.807, 2.05) is 30.4 Å². The summed E-state index contributed by atoms with van der Waals surface area (Å²) >= 11 is 0. The molecule has 0 saturated carbocycles. The van der Waals surface area contributed by atoms with E-state index in [2.05, 4.69) is 31.0 Å². The zero-order chi connectivity index (χ0) is 17.9. The Morgan fingerprint density at radius 1 is 1.15 bits per heavy atom. The Morgan fingerprint density at radius 3 is 2.73 bits per heavy atom. The van der Waals surface area contributed by atoms with Crippen LogP contribution in [0.2, 0.25) is 0 Å². The van der Waals surface area contributed by atoms with Crippen LogP contribution in [0.1, 0.15) is 82.7 Å². The maximum absolute atomic E-state index is 10.1. The fourth-order valence-corrected chi connectivity index (χ4v) is 2.90. The molecule has 0 aliphatic carbocycles. The first-order chi connectivity index (χ1) is 12.2. The first kappa shape index (κ1) is 23.6. The molecule has 1 N–H and O–H groups in total. The third kappa shape index (κ3) is 8.96. The number of hydrogen-bond acceptors (Lipinski definition) is 3. The van der Waals surface area contributed by atoms with Gasteiger partial charge in [-0.05, 0) is 43.9 Å². The van der Waals surface area contributed by atoms with Crippen LogP contribution in [0, 0.1) is 0 Å². The summed E-state index contributed by atoms with van der Waals surface area (Å²) < 4.78 is 5.73. The van der Waals surface area contributed by atoms with Crippen LogP contribution in [-0.2, 0) is 4.74 Å². The second-order valence-electron chi connectivity index (χ2n) is 6.85. The molecule has 1 aromatic heterocycles. The predicted molar refractivity (Wildman–Crippen MR) is 111 cm³/mol. The molecule has 3 nitrogen and oxygen atoms in total. The Morgan fingerprint density at radius 2 is 1.96 bits per heavy atom. The van der Waals surface area contributed by atoms with Gasteiger partial charge in [-0.15, -0.1) is 0 Å². The topological polar surface area (TPSA) is 45.6 Å². The summed E-state index contributed by atoms with van der Waals surface area (Å²) in [7, 11) is 0. The van der Waals surface area contributed by atoms with Gasteiger partial charge in [-0.1, -0.05) is 63.8 Å². The molecule has 4 heteroatoms. The number of unbranched alkanes of at least 4 members (excludes halogenated alkanes) is 4. The zero-order valence-corrected chi connectivity index (χ0v) is 15.7. The normalized spacial score (nSPS) is 20.4. The molecule has 1 aliphatic rings. The molecular weight excluding hydrogens is 333 g/mol. The molecule has 0 spiro atoms. The molecule has 1 aliphatic heterocycles. The van der Waals surface area contributed by atoms with E-state index in [0.29, 0.717) is 12.5 Å². The van der Waals surface area contributed by atoms with Crippen LogP contribution in [0.4, 0.5) is 0 Å². The molecular formula is C22H34NNaO2. The van der Waals surface area contributed by atoms with Crippen molar-refractivity contribution >= 4 is 35.6 Å². The Hall–Kier alpha value is -0.450. The van der Waals surface area contributed by atoms with Crippen molar-refractivity contribution in [3.63, 3.8) is 0 Å². The first-order valence-corrected chi connectivity index (χ1v) is 9.88. The van der Waals surface area contributed by atoms with E-state index in [0.717, 1.165) is 24.2 Å². The van der Waals surface area contributed by atoms with Crippen LogP contribution in [0.5, 0.6) is 0 Å². The van der Waals surface area contributed by atoms with Crippen LogP contribution < -0.4 is 0 Å². The monoisotopic (exact) mass is 367 g/mol. The number of aliphatic hydroxyl groups excluding tert-OH is 1. The molecule has 0 amide bonds. The van der Waals surface area contributed by atoms with E-state index < -0.39 is 6.10 Å². The van der Waals surface area contributed by atoms with Gasteiger partial charge < -0.3 is 9.84 Å². The molecule has 1 fully saturated rings. The number of nitrogens with zero attached hydrogens (tertiary/aromatic N) is 1. The summed E-state index contributed by atoms with van der Waals surface area (Å²) in [4.78, 5) is 4.65. The molecule has 0 bridgehead atoms. The van der Waals surface area contributed by atoms with E-state index in [-0.39, 0.29) is 35.7 Å². The number of pyridine rings is 1. The third-order valence-corrected chi connectivity index (χ3v) is 4.52. The van der Waals surface area contributed by atoms with Crippen molar-refractivity contribution in [3.8, 4) is 0 Å². The van der Waals surface area contributed by atoms with Crippen LogP contribution in [0.25, 0.3) is 6.08 Å². The molecule has 3 unspecified atom stereocenters. The van der Waals surface area contributed by atoms with Crippen molar-refractivity contribution in [1.82, 2.24) is 4.98 Å². The third-order valence-electron chi connectivity index (χ3n) is 4.52. The molecule has 2 rings (SSSR count). The van der Waals surface area contributed by atoms with Gasteiger partial charge in [0.25, 0.3) is 0 Å². The quantitative estimate of drug-likeness (QED) is 0.246. The molecule has 2 heterocycles. The van der Waals surface area contributed by atoms with Crippen molar-refractivity contribution < 1.29 is 9.84 Å². The number of aliphatic hydroxyl groups is 1. The van der Waals surface area contributed by atoms with E-state index in [1.165, 1.54) is 32.1 Å². The van der Waals surface area contributed by atoms with Crippen LogP contribution in [-0.4, -0.2) is 51.9 Å². The predicted octanol–water partition coefficient (Wildman–Crippen LogP) is 4.96. The standard InChI is InChI=1S/C22H33NO2.Na.H/c1-3-5-7-8-9-10-13-19(24)17-16-18-12-11-14-20(23-18)22-21(25-22)15-6-4-2;;/h9-12,14,16-17,19,21-22,24H,3-8,13,15H2,1-2H3;;/b10-9+,17-16+;;. The zero-order valence-electron chi connectivity index (χ0n) is 15.7. The molecule has 140 valence electrons. The molecule has 3 atom stereocenters. The minimum atomic E-state index is -0.456. The Bertz CT molecular complexity index is 559. The van der Waals surface area contributed by atoms with Crippen molar-refractivity contribution in [3.05, 3.63) is 47.8 Å². The molecule has 0 radical (unpaired) electrons. The number of rotatable bonds is 12. The van der Waals surface area contributed by atoms with E-state index >= 15 is 0 Å². The summed E-state index contributed by atoms with van der Waals surface area (Å²) in [6, 6.07) is 6.01. The number of allylic oxidation sites excluding steroid dienone is 1. The van der Waals surface area contributed by atoms with Gasteiger partial charge in [-0.3, -0.25) is 4.98 Å². The second kappa shape index (κ2) is 13.7. The van der Waals surface area contributed by atoms with Gasteiger partial charge in [0.2, 0.25) is 0 Å². The SMILES string of the molecule is CCCCC/C=C/CC(O)/C=C/c1cccc(C2OC2CCCC)n1.[NaH]. The molecule has 1 saturated heterocycles. The Kier molecular flexibility index (Phi) is 12.4. The van der Waals surface area contributed by atoms with Gasteiger partial charge in [0.15, 0.2) is 0 Å². The van der Waals surface area contributed by atoms with Gasteiger partial charge >= 0.3 is 29.6 Å². The fraction of sp³-hybridized carbons (Fsp3) is 0.591. The fourth-order valence-electron chi connectivity index (χ4n) is 2.90. The Labute approximate surface area is 181 Å². The van der Waals surface area contributed by atoms with Gasteiger partial charge in [0.05, 0.1) is 23.6 Å². The number of ether oxygens (including phenoxy) is 1. The maximum atomic E-state index is 10.1. The number of hydrogen-bond donors (Lipinski definition) is 1. The summed E-state index contributed by atoms with van der Waals surface area (Å²) in [6.45, 7) is 4.41. The molecule has 26 heavy (non-hydrogen) atoms. The van der Waals surface area contributed by atoms with Gasteiger partial charge in [0, 0.05) is 0 Å². The molecule has 0 aromatic carbocycles. The number of epoxide rings is 1. The Balaban J connectivity index is 0.00000338. The summed E-state index contributed by atoms with van der Waals surface area (Å²) in [5.74, 6) is 0. The van der Waals surface area contributed by atoms with Crippen LogP contribution in [0.3, 0.4) is 0 Å². The van der Waals surface area contributed by atoms with Gasteiger partial charge in [-0.25, -0.2) is 0 Å². The average molecular weight is 368 g/mol. The summed E-state index contributed by atoms with van der Waals surface area (Å²) in [5.41, 5.74) is 1.89. The van der Waals surface area contributed by atoms with E-state index in [9.17, 15) is 5.11 Å². The average Bonchev–Trinajstić information content (AvgIpc) is 3.41. The number of aromatic nitrogens is 1. The molecule has 1 aromatic rings. The van der Waals surface area contributed by atoms with E-state index in [1.54, 1.807) is 0 Å². The van der Waals surface area contributed by atoms with Gasteiger partial charge in [-0.2, -0.15) is 0 Å². The van der Waals surface area contributed by atoms with Crippen LogP contribution >= 0.6 is 0 Å².